The molecular formula is C12H12F2O6. The molecule has 0 saturated carbocycles. The average Bonchev–Trinajstić information content (AvgIpc) is 2.35. The molecule has 1 aromatic carbocycles. The molecule has 0 amide bonds. The zero-order valence-corrected chi connectivity index (χ0v) is 11.2. The number of esters is 2. The highest BCUT2D eigenvalue weighted by atomic mass is 19.1. The molecule has 0 saturated heterocycles. The predicted octanol–water partition coefficient (Wildman–Crippen LogP) is 1.83. The zero-order valence-electron chi connectivity index (χ0n) is 11.2. The fourth-order valence-corrected chi connectivity index (χ4v) is 1.44. The number of hydrogen-bond acceptors (Lipinski definition) is 6. The molecule has 0 aliphatic rings. The van der Waals surface area contributed by atoms with Crippen molar-refractivity contribution < 1.29 is 37.3 Å². The summed E-state index contributed by atoms with van der Waals surface area (Å²) < 4.78 is 46.6. The molecule has 0 heterocycles. The van der Waals surface area contributed by atoms with Gasteiger partial charge in [0.2, 0.25) is 34.6 Å². The Morgan fingerprint density at radius 3 is 1.25 bits per heavy atom. The maximum Gasteiger partial charge on any atom is 0.308 e. The number of hydrogen-bond donors (Lipinski definition) is 0. The Bertz CT molecular complexity index is 506. The summed E-state index contributed by atoms with van der Waals surface area (Å²) in [7, 11) is 2.07. The van der Waals surface area contributed by atoms with E-state index in [0.717, 1.165) is 28.1 Å². The fourth-order valence-electron chi connectivity index (χ4n) is 1.44. The third-order valence-electron chi connectivity index (χ3n) is 2.11. The average molecular weight is 290 g/mol. The molecule has 0 atom stereocenters. The van der Waals surface area contributed by atoms with E-state index in [1.807, 2.05) is 0 Å². The number of ether oxygens (including phenoxy) is 4. The van der Waals surface area contributed by atoms with E-state index < -0.39 is 46.6 Å². The van der Waals surface area contributed by atoms with E-state index in [0.29, 0.717) is 0 Å². The van der Waals surface area contributed by atoms with Crippen molar-refractivity contribution >= 4 is 11.9 Å². The van der Waals surface area contributed by atoms with Crippen molar-refractivity contribution in [3.63, 3.8) is 0 Å². The SMILES string of the molecule is COc1c(F)c(OC(C)=O)c(OC)c(F)c1OC(C)=O. The van der Waals surface area contributed by atoms with E-state index in [2.05, 4.69) is 18.9 Å². The molecule has 1 aromatic rings. The van der Waals surface area contributed by atoms with Crippen LogP contribution in [-0.2, 0) is 9.59 Å². The topological polar surface area (TPSA) is 71.1 Å². The lowest BCUT2D eigenvalue weighted by Gasteiger charge is -2.16. The minimum atomic E-state index is -1.22. The van der Waals surface area contributed by atoms with Crippen LogP contribution < -0.4 is 18.9 Å². The Morgan fingerprint density at radius 2 is 1.05 bits per heavy atom. The van der Waals surface area contributed by atoms with Gasteiger partial charge in [-0.2, -0.15) is 8.78 Å². The highest BCUT2D eigenvalue weighted by Gasteiger charge is 2.30. The van der Waals surface area contributed by atoms with Gasteiger partial charge in [0.1, 0.15) is 0 Å². The van der Waals surface area contributed by atoms with Crippen LogP contribution in [0.1, 0.15) is 13.8 Å². The summed E-state index contributed by atoms with van der Waals surface area (Å²) in [4.78, 5) is 21.8. The van der Waals surface area contributed by atoms with Crippen LogP contribution in [0.5, 0.6) is 23.0 Å². The molecule has 0 N–H and O–H groups in total. The maximum absolute atomic E-state index is 14.1. The van der Waals surface area contributed by atoms with Crippen molar-refractivity contribution in [1.82, 2.24) is 0 Å². The molecule has 6 nitrogen and oxygen atoms in total. The first kappa shape index (κ1) is 15.7. The van der Waals surface area contributed by atoms with Gasteiger partial charge in [0.05, 0.1) is 14.2 Å². The number of rotatable bonds is 4. The molecule has 0 aliphatic carbocycles. The lowest BCUT2D eigenvalue weighted by Crippen LogP contribution is -2.11. The molecule has 8 heteroatoms. The van der Waals surface area contributed by atoms with Crippen molar-refractivity contribution in [2.45, 2.75) is 13.8 Å². The van der Waals surface area contributed by atoms with Crippen LogP contribution >= 0.6 is 0 Å². The van der Waals surface area contributed by atoms with Gasteiger partial charge in [0, 0.05) is 13.8 Å². The van der Waals surface area contributed by atoms with Gasteiger partial charge < -0.3 is 18.9 Å². The van der Waals surface area contributed by atoms with Gasteiger partial charge in [-0.05, 0) is 0 Å². The van der Waals surface area contributed by atoms with Gasteiger partial charge in [0.15, 0.2) is 0 Å². The molecule has 1 rings (SSSR count). The molecule has 0 spiro atoms. The van der Waals surface area contributed by atoms with Crippen molar-refractivity contribution in [2.75, 3.05) is 14.2 Å². The highest BCUT2D eigenvalue weighted by molar-refractivity contribution is 5.74. The van der Waals surface area contributed by atoms with E-state index in [4.69, 9.17) is 0 Å². The Morgan fingerprint density at radius 1 is 0.750 bits per heavy atom. The molecule has 110 valence electrons. The normalized spacial score (nSPS) is 9.90. The van der Waals surface area contributed by atoms with Gasteiger partial charge in [0.25, 0.3) is 0 Å². The second kappa shape index (κ2) is 6.18. The summed E-state index contributed by atoms with van der Waals surface area (Å²) in [5.41, 5.74) is 0. The van der Waals surface area contributed by atoms with Gasteiger partial charge >= 0.3 is 11.9 Å². The third-order valence-corrected chi connectivity index (χ3v) is 2.11. The summed E-state index contributed by atoms with van der Waals surface area (Å²) in [6.45, 7) is 2.01. The van der Waals surface area contributed by atoms with Crippen molar-refractivity contribution in [3.8, 4) is 23.0 Å². The highest BCUT2D eigenvalue weighted by Crippen LogP contribution is 2.46. The number of carbonyl (C=O) groups is 2. The van der Waals surface area contributed by atoms with Crippen LogP contribution in [0.3, 0.4) is 0 Å². The van der Waals surface area contributed by atoms with Gasteiger partial charge in [-0.1, -0.05) is 0 Å². The van der Waals surface area contributed by atoms with Crippen LogP contribution in [0, 0.1) is 11.6 Å². The van der Waals surface area contributed by atoms with Crippen LogP contribution in [0.15, 0.2) is 0 Å². The molecule has 0 bridgehead atoms. The Kier molecular flexibility index (Phi) is 4.84. The Balaban J connectivity index is 3.61. The van der Waals surface area contributed by atoms with Crippen LogP contribution in [0.4, 0.5) is 8.78 Å². The van der Waals surface area contributed by atoms with E-state index in [1.165, 1.54) is 0 Å². The number of halogens is 2. The predicted molar refractivity (Wildman–Crippen MR) is 62.1 cm³/mol. The molecule has 0 aliphatic heterocycles. The van der Waals surface area contributed by atoms with E-state index >= 15 is 0 Å². The second-order valence-electron chi connectivity index (χ2n) is 3.54. The second-order valence-corrected chi connectivity index (χ2v) is 3.54. The van der Waals surface area contributed by atoms with E-state index in [9.17, 15) is 18.4 Å². The van der Waals surface area contributed by atoms with Gasteiger partial charge in [-0.25, -0.2) is 0 Å². The minimum Gasteiger partial charge on any atom is -0.490 e. The number of methoxy groups -OCH3 is 2. The van der Waals surface area contributed by atoms with Gasteiger partial charge in [-0.3, -0.25) is 9.59 Å². The van der Waals surface area contributed by atoms with Crippen molar-refractivity contribution in [1.29, 1.82) is 0 Å². The first-order valence-electron chi connectivity index (χ1n) is 5.33. The number of benzene rings is 1. The molecule has 0 fully saturated rings. The summed E-state index contributed by atoms with van der Waals surface area (Å²) in [6, 6.07) is 0. The lowest BCUT2D eigenvalue weighted by atomic mass is 10.2. The van der Waals surface area contributed by atoms with Gasteiger partial charge in [-0.15, -0.1) is 0 Å². The quantitative estimate of drug-likeness (QED) is 0.622. The number of carbonyl (C=O) groups excluding carboxylic acids is 2. The monoisotopic (exact) mass is 290 g/mol. The van der Waals surface area contributed by atoms with E-state index in [1.54, 1.807) is 0 Å². The first-order chi connectivity index (χ1) is 9.33. The molecule has 20 heavy (non-hydrogen) atoms. The largest absolute Gasteiger partial charge is 0.490 e. The molecule has 0 radical (unpaired) electrons. The zero-order chi connectivity index (χ0) is 15.4. The Labute approximate surface area is 113 Å². The van der Waals surface area contributed by atoms with Crippen LogP contribution in [0.2, 0.25) is 0 Å². The summed E-state index contributed by atoms with van der Waals surface area (Å²) >= 11 is 0. The summed E-state index contributed by atoms with van der Waals surface area (Å²) in [5.74, 6) is -7.22. The summed E-state index contributed by atoms with van der Waals surface area (Å²) in [5, 5.41) is 0. The molecule has 0 unspecified atom stereocenters. The standard InChI is InChI=1S/C12H12F2O6/c1-5(15)19-11-7(13)10(18-4)12(20-6(2)16)8(14)9(11)17-3/h1-4H3. The van der Waals surface area contributed by atoms with E-state index in [-0.39, 0.29) is 0 Å². The van der Waals surface area contributed by atoms with Crippen molar-refractivity contribution in [2.24, 2.45) is 0 Å². The third kappa shape index (κ3) is 2.95. The van der Waals surface area contributed by atoms with Crippen molar-refractivity contribution in [3.05, 3.63) is 11.6 Å². The smallest absolute Gasteiger partial charge is 0.308 e. The lowest BCUT2D eigenvalue weighted by molar-refractivity contribution is -0.133. The van der Waals surface area contributed by atoms with Crippen LogP contribution in [0.25, 0.3) is 0 Å². The maximum atomic E-state index is 14.1. The Hall–Kier alpha value is -2.38. The fraction of sp³-hybridized carbons (Fsp3) is 0.333. The molecular weight excluding hydrogens is 278 g/mol. The first-order valence-corrected chi connectivity index (χ1v) is 5.33. The van der Waals surface area contributed by atoms with Crippen LogP contribution in [-0.4, -0.2) is 26.2 Å². The molecule has 0 aromatic heterocycles. The minimum absolute atomic E-state index is 0.713. The summed E-state index contributed by atoms with van der Waals surface area (Å²) in [6.07, 6.45) is 0.